The Balaban J connectivity index is 2.13. The van der Waals surface area contributed by atoms with Crippen LogP contribution >= 0.6 is 0 Å². The maximum atomic E-state index is 11.8. The number of carbonyl (C=O) groups excluding carboxylic acids is 1. The van der Waals surface area contributed by atoms with E-state index in [1.165, 1.54) is 12.1 Å². The number of hydrogen-bond acceptors (Lipinski definition) is 7. The molecule has 0 amide bonds. The number of aliphatic hydroxyl groups is 3. The first-order chi connectivity index (χ1) is 8.39. The van der Waals surface area contributed by atoms with Crippen molar-refractivity contribution in [3.05, 3.63) is 23.7 Å². The first-order valence-corrected chi connectivity index (χ1v) is 5.44. The molecular weight excluding hydrogens is 244 g/mol. The van der Waals surface area contributed by atoms with Gasteiger partial charge in [0.25, 0.3) is 11.4 Å². The van der Waals surface area contributed by atoms with Crippen LogP contribution in [0.5, 0.6) is 0 Å². The molecule has 0 aromatic carbocycles. The molecule has 3 N–H and O–H groups in total. The van der Waals surface area contributed by atoms with Gasteiger partial charge in [-0.15, -0.1) is 0 Å². The van der Waals surface area contributed by atoms with Gasteiger partial charge in [-0.05, 0) is 19.1 Å². The summed E-state index contributed by atoms with van der Waals surface area (Å²) >= 11 is 0. The van der Waals surface area contributed by atoms with Gasteiger partial charge >= 0.3 is 5.97 Å². The van der Waals surface area contributed by atoms with Crippen molar-refractivity contribution in [2.75, 3.05) is 6.61 Å². The number of aliphatic hydroxyl groups excluding tert-OH is 1. The zero-order chi connectivity index (χ0) is 13.1. The second-order valence-electron chi connectivity index (χ2n) is 4.52. The Morgan fingerprint density at radius 1 is 1.39 bits per heavy atom. The molecule has 3 rings (SSSR count). The molecule has 0 spiro atoms. The van der Waals surface area contributed by atoms with Crippen LogP contribution in [0, 0.1) is 6.92 Å². The zero-order valence-electron chi connectivity index (χ0n) is 9.49. The molecule has 0 bridgehead atoms. The third-order valence-corrected chi connectivity index (χ3v) is 3.35. The highest BCUT2D eigenvalue weighted by Crippen LogP contribution is 2.48. The van der Waals surface area contributed by atoms with Crippen molar-refractivity contribution in [3.63, 3.8) is 0 Å². The molecule has 98 valence electrons. The number of aryl methyl sites for hydroxylation is 1. The molecule has 3 heterocycles. The van der Waals surface area contributed by atoms with Gasteiger partial charge in [0.15, 0.2) is 11.9 Å². The highest BCUT2D eigenvalue weighted by Gasteiger charge is 2.75. The van der Waals surface area contributed by atoms with Crippen LogP contribution in [0.3, 0.4) is 0 Å². The van der Waals surface area contributed by atoms with E-state index in [4.69, 9.17) is 13.9 Å². The first kappa shape index (κ1) is 11.7. The van der Waals surface area contributed by atoms with Crippen LogP contribution in [-0.4, -0.2) is 45.9 Å². The number of carbonyl (C=O) groups is 1. The third kappa shape index (κ3) is 1.14. The third-order valence-electron chi connectivity index (χ3n) is 3.35. The lowest BCUT2D eigenvalue weighted by atomic mass is 9.89. The van der Waals surface area contributed by atoms with Crippen molar-refractivity contribution in [1.82, 2.24) is 0 Å². The molecule has 1 aromatic heterocycles. The van der Waals surface area contributed by atoms with Gasteiger partial charge in [0, 0.05) is 0 Å². The van der Waals surface area contributed by atoms with Crippen molar-refractivity contribution in [1.29, 1.82) is 0 Å². The Kier molecular flexibility index (Phi) is 2.16. The van der Waals surface area contributed by atoms with Gasteiger partial charge in [-0.1, -0.05) is 0 Å². The summed E-state index contributed by atoms with van der Waals surface area (Å²) in [6, 6.07) is 2.88. The van der Waals surface area contributed by atoms with E-state index in [1.807, 2.05) is 0 Å². The summed E-state index contributed by atoms with van der Waals surface area (Å²) in [4.78, 5) is 11.8. The predicted molar refractivity (Wildman–Crippen MR) is 54.1 cm³/mol. The fraction of sp³-hybridized carbons (Fsp3) is 0.545. The summed E-state index contributed by atoms with van der Waals surface area (Å²) in [7, 11) is 0. The standard InChI is InChI=1S/C11H12O7/c1-5-2-3-7(17-5)10(14)9(13)18-8-6(12)4-16-11(8,10)15/h2-3,6,8,12,14-15H,4H2,1H3/t6-,8+,10+,11-/m0/s1. The van der Waals surface area contributed by atoms with Crippen LogP contribution in [0.15, 0.2) is 16.5 Å². The Labute approximate surface area is 102 Å². The average Bonchev–Trinajstić information content (AvgIpc) is 2.92. The van der Waals surface area contributed by atoms with Crippen LogP contribution in [-0.2, 0) is 19.9 Å². The molecule has 0 radical (unpaired) electrons. The van der Waals surface area contributed by atoms with E-state index < -0.39 is 29.6 Å². The number of fused-ring (bicyclic) bond motifs is 1. The molecule has 2 aliphatic heterocycles. The van der Waals surface area contributed by atoms with E-state index in [-0.39, 0.29) is 12.4 Å². The molecule has 7 nitrogen and oxygen atoms in total. The van der Waals surface area contributed by atoms with Crippen molar-refractivity contribution in [2.24, 2.45) is 0 Å². The lowest BCUT2D eigenvalue weighted by Gasteiger charge is -2.29. The van der Waals surface area contributed by atoms with Gasteiger partial charge in [0.05, 0.1) is 6.61 Å². The number of ether oxygens (including phenoxy) is 2. The number of furan rings is 1. The number of hydrogen-bond donors (Lipinski definition) is 3. The number of esters is 1. The Morgan fingerprint density at radius 2 is 2.11 bits per heavy atom. The number of rotatable bonds is 1. The normalized spacial score (nSPS) is 43.0. The quantitative estimate of drug-likeness (QED) is 0.540. The zero-order valence-corrected chi connectivity index (χ0v) is 9.49. The summed E-state index contributed by atoms with van der Waals surface area (Å²) in [5, 5.41) is 30.3. The predicted octanol–water partition coefficient (Wildman–Crippen LogP) is -1.22. The maximum absolute atomic E-state index is 11.8. The average molecular weight is 256 g/mol. The second-order valence-corrected chi connectivity index (χ2v) is 4.52. The molecule has 0 aliphatic carbocycles. The molecule has 2 aliphatic rings. The summed E-state index contributed by atoms with van der Waals surface area (Å²) in [5.41, 5.74) is -2.47. The van der Waals surface area contributed by atoms with Crippen molar-refractivity contribution in [3.8, 4) is 0 Å². The van der Waals surface area contributed by atoms with Gasteiger partial charge in [0.1, 0.15) is 11.9 Å². The minimum Gasteiger partial charge on any atom is -0.462 e. The smallest absolute Gasteiger partial charge is 0.352 e. The fourth-order valence-corrected chi connectivity index (χ4v) is 2.36. The first-order valence-electron chi connectivity index (χ1n) is 5.44. The minimum atomic E-state index is -2.47. The Bertz CT molecular complexity index is 509. The lowest BCUT2D eigenvalue weighted by molar-refractivity contribution is -0.271. The second kappa shape index (κ2) is 3.33. The summed E-state index contributed by atoms with van der Waals surface area (Å²) in [6.07, 6.45) is -2.52. The SMILES string of the molecule is Cc1ccc([C@@]2(O)C(=O)O[C@@H]3[C@@H](O)CO[C@@]32O)o1. The minimum absolute atomic E-state index is 0.177. The van der Waals surface area contributed by atoms with Crippen molar-refractivity contribution < 1.29 is 34.0 Å². The molecular formula is C11H12O7. The monoisotopic (exact) mass is 256 g/mol. The van der Waals surface area contributed by atoms with E-state index in [0.29, 0.717) is 5.76 Å². The van der Waals surface area contributed by atoms with Crippen molar-refractivity contribution in [2.45, 2.75) is 30.5 Å². The molecule has 0 saturated carbocycles. The van der Waals surface area contributed by atoms with Gasteiger partial charge in [0.2, 0.25) is 0 Å². The maximum Gasteiger partial charge on any atom is 0.352 e. The van der Waals surface area contributed by atoms with Crippen molar-refractivity contribution >= 4 is 5.97 Å². The summed E-state index contributed by atoms with van der Waals surface area (Å²) < 4.78 is 15.0. The molecule has 4 atom stereocenters. The van der Waals surface area contributed by atoms with Crippen LogP contribution in [0.25, 0.3) is 0 Å². The van der Waals surface area contributed by atoms with Gasteiger partial charge in [-0.25, -0.2) is 4.79 Å². The molecule has 0 unspecified atom stereocenters. The molecule has 1 aromatic rings. The van der Waals surface area contributed by atoms with E-state index in [0.717, 1.165) is 0 Å². The topological polar surface area (TPSA) is 109 Å². The van der Waals surface area contributed by atoms with E-state index in [1.54, 1.807) is 6.92 Å². The Morgan fingerprint density at radius 3 is 2.72 bits per heavy atom. The summed E-state index contributed by atoms with van der Waals surface area (Å²) in [6.45, 7) is 1.38. The Hall–Kier alpha value is -1.41. The van der Waals surface area contributed by atoms with Gasteiger partial charge < -0.3 is 29.2 Å². The molecule has 2 saturated heterocycles. The van der Waals surface area contributed by atoms with Crippen LogP contribution in [0.4, 0.5) is 0 Å². The summed E-state index contributed by atoms with van der Waals surface area (Å²) in [5.74, 6) is -3.17. The molecule has 18 heavy (non-hydrogen) atoms. The van der Waals surface area contributed by atoms with Crippen LogP contribution in [0.2, 0.25) is 0 Å². The highest BCUT2D eigenvalue weighted by atomic mass is 16.7. The molecule has 7 heteroatoms. The van der Waals surface area contributed by atoms with Gasteiger partial charge in [-0.3, -0.25) is 0 Å². The van der Waals surface area contributed by atoms with E-state index in [2.05, 4.69) is 0 Å². The van der Waals surface area contributed by atoms with E-state index >= 15 is 0 Å². The lowest BCUT2D eigenvalue weighted by Crippen LogP contribution is -2.55. The van der Waals surface area contributed by atoms with Crippen LogP contribution < -0.4 is 0 Å². The largest absolute Gasteiger partial charge is 0.462 e. The highest BCUT2D eigenvalue weighted by molar-refractivity contribution is 5.84. The van der Waals surface area contributed by atoms with Gasteiger partial charge in [-0.2, -0.15) is 0 Å². The van der Waals surface area contributed by atoms with E-state index in [9.17, 15) is 20.1 Å². The molecule has 2 fully saturated rings. The van der Waals surface area contributed by atoms with Crippen LogP contribution in [0.1, 0.15) is 11.5 Å². The fourth-order valence-electron chi connectivity index (χ4n) is 2.36.